The van der Waals surface area contributed by atoms with Crippen molar-refractivity contribution in [3.05, 3.63) is 53.8 Å². The summed E-state index contributed by atoms with van der Waals surface area (Å²) in [5.74, 6) is 0.163. The Kier molecular flexibility index (Phi) is 5.42. The van der Waals surface area contributed by atoms with Gasteiger partial charge in [-0.3, -0.25) is 4.79 Å². The molecule has 2 aliphatic rings. The standard InChI is InChI=1S/C20H21FN2O5S/c21-16-4-1-2-5-19(16)29(25,26)23-10-8-22(9-11-23)20(24)15-6-7-17-18(14-15)28-13-3-12-27-17/h1-2,4-7,14H,3,8-13H2. The highest BCUT2D eigenvalue weighted by molar-refractivity contribution is 7.89. The molecule has 0 spiro atoms. The van der Waals surface area contributed by atoms with Crippen LogP contribution in [0.4, 0.5) is 4.39 Å². The minimum Gasteiger partial charge on any atom is -0.490 e. The van der Waals surface area contributed by atoms with Gasteiger partial charge in [-0.2, -0.15) is 4.31 Å². The second-order valence-electron chi connectivity index (χ2n) is 6.84. The van der Waals surface area contributed by atoms with Crippen molar-refractivity contribution < 1.29 is 27.1 Å². The van der Waals surface area contributed by atoms with Crippen molar-refractivity contribution in [3.63, 3.8) is 0 Å². The molecule has 0 unspecified atom stereocenters. The van der Waals surface area contributed by atoms with Gasteiger partial charge in [-0.05, 0) is 30.3 Å². The van der Waals surface area contributed by atoms with Crippen LogP contribution in [-0.4, -0.2) is 62.9 Å². The van der Waals surface area contributed by atoms with Crippen LogP contribution >= 0.6 is 0 Å². The highest BCUT2D eigenvalue weighted by Crippen LogP contribution is 2.31. The van der Waals surface area contributed by atoms with Crippen LogP contribution in [0.15, 0.2) is 47.4 Å². The van der Waals surface area contributed by atoms with Crippen molar-refractivity contribution in [2.75, 3.05) is 39.4 Å². The zero-order chi connectivity index (χ0) is 20.4. The van der Waals surface area contributed by atoms with Crippen LogP contribution in [0.3, 0.4) is 0 Å². The first kappa shape index (κ1) is 19.7. The lowest BCUT2D eigenvalue weighted by molar-refractivity contribution is 0.0697. The molecule has 0 saturated carbocycles. The number of hydrogen-bond donors (Lipinski definition) is 0. The molecule has 2 aromatic rings. The number of fused-ring (bicyclic) bond motifs is 1. The zero-order valence-electron chi connectivity index (χ0n) is 15.7. The number of nitrogens with zero attached hydrogens (tertiary/aromatic N) is 2. The van der Waals surface area contributed by atoms with E-state index in [4.69, 9.17) is 9.47 Å². The maximum Gasteiger partial charge on any atom is 0.254 e. The Morgan fingerprint density at radius 3 is 2.34 bits per heavy atom. The zero-order valence-corrected chi connectivity index (χ0v) is 16.5. The summed E-state index contributed by atoms with van der Waals surface area (Å²) in [6, 6.07) is 10.4. The number of hydrogen-bond acceptors (Lipinski definition) is 5. The number of carbonyl (C=O) groups excluding carboxylic acids is 1. The Balaban J connectivity index is 1.45. The lowest BCUT2D eigenvalue weighted by Crippen LogP contribution is -2.50. The van der Waals surface area contributed by atoms with Gasteiger partial charge in [-0.15, -0.1) is 0 Å². The van der Waals surface area contributed by atoms with Gasteiger partial charge in [-0.25, -0.2) is 12.8 Å². The lowest BCUT2D eigenvalue weighted by atomic mass is 10.1. The molecule has 1 amide bonds. The predicted octanol–water partition coefficient (Wildman–Crippen LogP) is 2.13. The van der Waals surface area contributed by atoms with Gasteiger partial charge < -0.3 is 14.4 Å². The molecule has 29 heavy (non-hydrogen) atoms. The third-order valence-corrected chi connectivity index (χ3v) is 6.91. The molecule has 0 N–H and O–H groups in total. The van der Waals surface area contributed by atoms with Gasteiger partial charge in [-0.1, -0.05) is 12.1 Å². The smallest absolute Gasteiger partial charge is 0.254 e. The average molecular weight is 420 g/mol. The molecule has 154 valence electrons. The normalized spacial score (nSPS) is 17.6. The van der Waals surface area contributed by atoms with E-state index in [0.29, 0.717) is 30.3 Å². The third-order valence-electron chi connectivity index (χ3n) is 4.97. The summed E-state index contributed by atoms with van der Waals surface area (Å²) in [5.41, 5.74) is 0.458. The van der Waals surface area contributed by atoms with E-state index < -0.39 is 15.8 Å². The van der Waals surface area contributed by atoms with E-state index in [1.54, 1.807) is 23.1 Å². The summed E-state index contributed by atoms with van der Waals surface area (Å²) in [6.45, 7) is 1.75. The van der Waals surface area contributed by atoms with Gasteiger partial charge in [0, 0.05) is 38.2 Å². The van der Waals surface area contributed by atoms with Crippen LogP contribution in [0.1, 0.15) is 16.8 Å². The van der Waals surface area contributed by atoms with Gasteiger partial charge in [0.1, 0.15) is 10.7 Å². The minimum atomic E-state index is -3.94. The first-order chi connectivity index (χ1) is 14.0. The Labute approximate surface area is 168 Å². The minimum absolute atomic E-state index is 0.104. The molecule has 0 aliphatic carbocycles. The van der Waals surface area contributed by atoms with Crippen LogP contribution in [0.2, 0.25) is 0 Å². The molecule has 0 aromatic heterocycles. The first-order valence-corrected chi connectivity index (χ1v) is 10.8. The van der Waals surface area contributed by atoms with Crippen LogP contribution in [0.25, 0.3) is 0 Å². The summed E-state index contributed by atoms with van der Waals surface area (Å²) in [7, 11) is -3.94. The predicted molar refractivity (Wildman–Crippen MR) is 103 cm³/mol. The van der Waals surface area contributed by atoms with Gasteiger partial charge in [0.05, 0.1) is 13.2 Å². The van der Waals surface area contributed by atoms with Gasteiger partial charge in [0.15, 0.2) is 11.5 Å². The summed E-state index contributed by atoms with van der Waals surface area (Å²) in [6.07, 6.45) is 0.774. The van der Waals surface area contributed by atoms with Crippen LogP contribution in [-0.2, 0) is 10.0 Å². The van der Waals surface area contributed by atoms with Crippen molar-refractivity contribution in [1.29, 1.82) is 0 Å². The number of carbonyl (C=O) groups is 1. The molecule has 0 bridgehead atoms. The number of rotatable bonds is 3. The molecule has 1 saturated heterocycles. The van der Waals surface area contributed by atoms with Crippen molar-refractivity contribution >= 4 is 15.9 Å². The highest BCUT2D eigenvalue weighted by atomic mass is 32.2. The molecule has 2 aromatic carbocycles. The van der Waals surface area contributed by atoms with E-state index in [-0.39, 0.29) is 37.0 Å². The highest BCUT2D eigenvalue weighted by Gasteiger charge is 2.32. The molecular formula is C20H21FN2O5S. The van der Waals surface area contributed by atoms with Gasteiger partial charge in [0.25, 0.3) is 5.91 Å². The molecule has 0 atom stereocenters. The maximum absolute atomic E-state index is 13.9. The Bertz CT molecular complexity index is 1020. The van der Waals surface area contributed by atoms with Crippen LogP contribution < -0.4 is 9.47 Å². The summed E-state index contributed by atoms with van der Waals surface area (Å²) in [5, 5.41) is 0. The van der Waals surface area contributed by atoms with E-state index in [0.717, 1.165) is 12.5 Å². The fraction of sp³-hybridized carbons (Fsp3) is 0.350. The molecule has 9 heteroatoms. The van der Waals surface area contributed by atoms with Crippen molar-refractivity contribution in [2.24, 2.45) is 0 Å². The van der Waals surface area contributed by atoms with Crippen molar-refractivity contribution in [1.82, 2.24) is 9.21 Å². The molecule has 7 nitrogen and oxygen atoms in total. The SMILES string of the molecule is O=C(c1ccc2c(c1)OCCCO2)N1CCN(S(=O)(=O)c2ccccc2F)CC1. The fourth-order valence-corrected chi connectivity index (χ4v) is 4.89. The fourth-order valence-electron chi connectivity index (χ4n) is 3.40. The average Bonchev–Trinajstić information content (AvgIpc) is 2.98. The summed E-state index contributed by atoms with van der Waals surface area (Å²) >= 11 is 0. The number of sulfonamides is 1. The quantitative estimate of drug-likeness (QED) is 0.761. The monoisotopic (exact) mass is 420 g/mol. The number of amides is 1. The molecule has 4 rings (SSSR count). The van der Waals surface area contributed by atoms with E-state index in [1.807, 2.05) is 0 Å². The maximum atomic E-state index is 13.9. The second kappa shape index (κ2) is 8.00. The topological polar surface area (TPSA) is 76.2 Å². The van der Waals surface area contributed by atoms with Crippen LogP contribution in [0, 0.1) is 5.82 Å². The summed E-state index contributed by atoms with van der Waals surface area (Å²) in [4.78, 5) is 14.1. The van der Waals surface area contributed by atoms with Crippen molar-refractivity contribution in [2.45, 2.75) is 11.3 Å². The Morgan fingerprint density at radius 2 is 1.62 bits per heavy atom. The number of piperazine rings is 1. The van der Waals surface area contributed by atoms with Crippen molar-refractivity contribution in [3.8, 4) is 11.5 Å². The molecular weight excluding hydrogens is 399 g/mol. The Morgan fingerprint density at radius 1 is 0.931 bits per heavy atom. The number of halogens is 1. The van der Waals surface area contributed by atoms with E-state index in [9.17, 15) is 17.6 Å². The van der Waals surface area contributed by atoms with Gasteiger partial charge >= 0.3 is 0 Å². The second-order valence-corrected chi connectivity index (χ2v) is 8.75. The van der Waals surface area contributed by atoms with Crippen LogP contribution in [0.5, 0.6) is 11.5 Å². The third kappa shape index (κ3) is 3.92. The molecule has 1 fully saturated rings. The van der Waals surface area contributed by atoms with Gasteiger partial charge in [0.2, 0.25) is 10.0 Å². The van der Waals surface area contributed by atoms with E-state index >= 15 is 0 Å². The number of ether oxygens (including phenoxy) is 2. The molecule has 2 aliphatic heterocycles. The molecule has 0 radical (unpaired) electrons. The molecule has 2 heterocycles. The largest absolute Gasteiger partial charge is 0.490 e. The first-order valence-electron chi connectivity index (χ1n) is 9.40. The van der Waals surface area contributed by atoms with E-state index in [2.05, 4.69) is 0 Å². The lowest BCUT2D eigenvalue weighted by Gasteiger charge is -2.34. The number of benzene rings is 2. The van der Waals surface area contributed by atoms with E-state index in [1.165, 1.54) is 22.5 Å². The summed E-state index contributed by atoms with van der Waals surface area (Å²) < 4.78 is 51.8. The Hall–Kier alpha value is -2.65.